The normalized spacial score (nSPS) is 14.7. The second kappa shape index (κ2) is 21.5. The Bertz CT molecular complexity index is 481. The summed E-state index contributed by atoms with van der Waals surface area (Å²) in [6.45, 7) is 2.65. The minimum atomic E-state index is -0.796. The minimum absolute atomic E-state index is 0. The molecule has 2 amide bonds. The van der Waals surface area contributed by atoms with Gasteiger partial charge >= 0.3 is 109 Å². The number of carbonyl (C=O) groups is 3. The molecule has 1 N–H and O–H groups in total. The second-order valence-electron chi connectivity index (χ2n) is 7.57. The molecule has 0 saturated carbocycles. The zero-order valence-corrected chi connectivity index (χ0v) is 17.0. The van der Waals surface area contributed by atoms with Crippen molar-refractivity contribution in [3.05, 3.63) is 12.2 Å². The molecule has 0 radical (unpaired) electrons. The van der Waals surface area contributed by atoms with E-state index in [1.807, 2.05) is 12.2 Å². The Hall–Kier alpha value is 1.62. The average molecular weight is 460 g/mol. The average Bonchev–Trinajstić information content (AvgIpc) is 2.96. The third-order valence-corrected chi connectivity index (χ3v) is 5.21. The molecule has 0 spiro atoms. The van der Waals surface area contributed by atoms with Crippen LogP contribution < -0.4 is 0 Å². The fourth-order valence-corrected chi connectivity index (χ4v) is 3.47. The first kappa shape index (κ1) is 32.8. The van der Waals surface area contributed by atoms with Gasteiger partial charge in [-0.1, -0.05) is 70.4 Å². The summed E-state index contributed by atoms with van der Waals surface area (Å²) < 4.78 is 0. The zero-order valence-electron chi connectivity index (χ0n) is 17.0. The van der Waals surface area contributed by atoms with Gasteiger partial charge < -0.3 is 5.11 Å². The molecule has 0 aromatic rings. The van der Waals surface area contributed by atoms with Crippen molar-refractivity contribution in [2.75, 3.05) is 6.54 Å². The van der Waals surface area contributed by atoms with Crippen molar-refractivity contribution in [2.45, 2.75) is 96.8 Å². The molecule has 7 heteroatoms. The number of amides is 2. The van der Waals surface area contributed by atoms with Crippen molar-refractivity contribution in [3.8, 4) is 0 Å². The Morgan fingerprint density at radius 2 is 1.48 bits per heavy atom. The number of carboxylic acid groups (broad SMARTS) is 1. The zero-order chi connectivity index (χ0) is 19.9. The van der Waals surface area contributed by atoms with E-state index >= 15 is 0 Å². The number of carboxylic acids is 1. The summed E-state index contributed by atoms with van der Waals surface area (Å²) in [6.07, 6.45) is 17.5. The SMILES string of the molecule is CCCCCCCCCCC=CC(CCCCN1C(=O)CCC1=O)C(=O)O.[KH].[KH]. The van der Waals surface area contributed by atoms with Crippen LogP contribution >= 0.6 is 0 Å². The summed E-state index contributed by atoms with van der Waals surface area (Å²) >= 11 is 0. The van der Waals surface area contributed by atoms with Gasteiger partial charge in [-0.3, -0.25) is 19.3 Å². The fourth-order valence-electron chi connectivity index (χ4n) is 3.47. The van der Waals surface area contributed by atoms with Gasteiger partial charge in [-0.05, 0) is 25.7 Å². The number of unbranched alkanes of at least 4 members (excludes halogenated alkanes) is 9. The Labute approximate surface area is 262 Å². The number of carbonyl (C=O) groups excluding carboxylic acids is 2. The van der Waals surface area contributed by atoms with Crippen LogP contribution in [0.5, 0.6) is 0 Å². The van der Waals surface area contributed by atoms with E-state index in [1.165, 1.54) is 49.8 Å². The van der Waals surface area contributed by atoms with Crippen molar-refractivity contribution in [1.82, 2.24) is 4.90 Å². The summed E-state index contributed by atoms with van der Waals surface area (Å²) in [5, 5.41) is 9.34. The number of aliphatic carboxylic acids is 1. The molecule has 1 atom stereocenters. The predicted molar refractivity (Wildman–Crippen MR) is 122 cm³/mol. The quantitative estimate of drug-likeness (QED) is 0.165. The van der Waals surface area contributed by atoms with E-state index in [-0.39, 0.29) is 115 Å². The molecule has 1 aliphatic heterocycles. The second-order valence-corrected chi connectivity index (χ2v) is 7.57. The Balaban J connectivity index is 0. The van der Waals surface area contributed by atoms with Gasteiger partial charge in [0.2, 0.25) is 11.8 Å². The number of likely N-dealkylation sites (tertiary alicyclic amines) is 1. The summed E-state index contributed by atoms with van der Waals surface area (Å²) in [7, 11) is 0. The molecular weight excluding hydrogens is 420 g/mol. The monoisotopic (exact) mass is 459 g/mol. The van der Waals surface area contributed by atoms with E-state index in [4.69, 9.17) is 0 Å². The standard InChI is InChI=1S/C22H37NO4.2K.2H/c1-2-3-4-5-6-7-8-9-10-11-14-19(22(26)27)15-12-13-18-23-20(24)16-17-21(23)25;;;;/h11,14,19H,2-10,12-13,15-18H2,1H3,(H,26,27);;;;. The first-order valence-corrected chi connectivity index (χ1v) is 10.8. The molecule has 5 nitrogen and oxygen atoms in total. The topological polar surface area (TPSA) is 74.7 Å². The van der Waals surface area contributed by atoms with Gasteiger partial charge in [0.15, 0.2) is 0 Å². The van der Waals surface area contributed by atoms with Gasteiger partial charge in [0.1, 0.15) is 0 Å². The van der Waals surface area contributed by atoms with Gasteiger partial charge in [-0.15, -0.1) is 0 Å². The number of rotatable bonds is 16. The number of allylic oxidation sites excluding steroid dienone is 1. The van der Waals surface area contributed by atoms with E-state index < -0.39 is 11.9 Å². The van der Waals surface area contributed by atoms with Crippen LogP contribution in [0.4, 0.5) is 0 Å². The molecular formula is C22H39K2NO4. The number of nitrogens with zero attached hydrogens (tertiary/aromatic N) is 1. The van der Waals surface area contributed by atoms with Crippen molar-refractivity contribution in [3.63, 3.8) is 0 Å². The third-order valence-electron chi connectivity index (χ3n) is 5.21. The maximum absolute atomic E-state index is 11.5. The molecule has 0 bridgehead atoms. The molecule has 29 heavy (non-hydrogen) atoms. The molecule has 0 aromatic carbocycles. The Kier molecular flexibility index (Phi) is 24.3. The molecule has 158 valence electrons. The van der Waals surface area contributed by atoms with Gasteiger partial charge in [0.25, 0.3) is 0 Å². The van der Waals surface area contributed by atoms with Crippen molar-refractivity contribution < 1.29 is 19.5 Å². The first-order valence-electron chi connectivity index (χ1n) is 10.8. The number of imide groups is 1. The molecule has 1 unspecified atom stereocenters. The van der Waals surface area contributed by atoms with E-state index in [2.05, 4.69) is 6.92 Å². The van der Waals surface area contributed by atoms with Crippen molar-refractivity contribution in [2.24, 2.45) is 5.92 Å². The molecule has 0 aliphatic carbocycles. The van der Waals surface area contributed by atoms with Crippen LogP contribution in [0, 0.1) is 5.92 Å². The van der Waals surface area contributed by atoms with Crippen LogP contribution in [0.3, 0.4) is 0 Å². The summed E-state index contributed by atoms with van der Waals surface area (Å²) in [6, 6.07) is 0. The molecule has 1 heterocycles. The summed E-state index contributed by atoms with van der Waals surface area (Å²) in [5.41, 5.74) is 0. The van der Waals surface area contributed by atoms with Crippen LogP contribution in [0.1, 0.15) is 96.8 Å². The van der Waals surface area contributed by atoms with Gasteiger partial charge in [-0.2, -0.15) is 0 Å². The third kappa shape index (κ3) is 16.0. The Morgan fingerprint density at radius 1 is 0.931 bits per heavy atom. The van der Waals surface area contributed by atoms with E-state index in [9.17, 15) is 19.5 Å². The molecule has 1 rings (SSSR count). The van der Waals surface area contributed by atoms with E-state index in [0.717, 1.165) is 12.8 Å². The summed E-state index contributed by atoms with van der Waals surface area (Å²) in [5.74, 6) is -1.46. The molecule has 1 aliphatic rings. The van der Waals surface area contributed by atoms with Crippen LogP contribution in [0.2, 0.25) is 0 Å². The van der Waals surface area contributed by atoms with Crippen LogP contribution in [-0.2, 0) is 14.4 Å². The van der Waals surface area contributed by atoms with Crippen LogP contribution in [0.15, 0.2) is 12.2 Å². The number of hydrogen-bond donors (Lipinski definition) is 1. The molecule has 0 aromatic heterocycles. The van der Waals surface area contributed by atoms with Crippen molar-refractivity contribution >= 4 is 121 Å². The predicted octanol–water partition coefficient (Wildman–Crippen LogP) is 3.80. The van der Waals surface area contributed by atoms with E-state index in [0.29, 0.717) is 38.6 Å². The first-order chi connectivity index (χ1) is 13.1. The Morgan fingerprint density at radius 3 is 2.03 bits per heavy atom. The van der Waals surface area contributed by atoms with Crippen molar-refractivity contribution in [1.29, 1.82) is 0 Å². The fraction of sp³-hybridized carbons (Fsp3) is 0.773. The number of hydrogen-bond acceptors (Lipinski definition) is 3. The maximum atomic E-state index is 11.5. The van der Waals surface area contributed by atoms with E-state index in [1.54, 1.807) is 0 Å². The van der Waals surface area contributed by atoms with Gasteiger partial charge in [0, 0.05) is 19.4 Å². The van der Waals surface area contributed by atoms with Gasteiger partial charge in [-0.25, -0.2) is 0 Å². The van der Waals surface area contributed by atoms with Gasteiger partial charge in [0.05, 0.1) is 5.92 Å². The molecule has 1 saturated heterocycles. The van der Waals surface area contributed by atoms with Crippen LogP contribution in [-0.4, -0.2) is 137 Å². The summed E-state index contributed by atoms with van der Waals surface area (Å²) in [4.78, 5) is 35.8. The molecule has 1 fully saturated rings. The van der Waals surface area contributed by atoms with Crippen LogP contribution in [0.25, 0.3) is 0 Å².